The first kappa shape index (κ1) is 22.0. The molecule has 1 aliphatic rings. The van der Waals surface area contributed by atoms with E-state index in [-0.39, 0.29) is 13.2 Å². The first-order valence-corrected chi connectivity index (χ1v) is 8.51. The lowest BCUT2D eigenvalue weighted by atomic mass is 9.99. The summed E-state index contributed by atoms with van der Waals surface area (Å²) in [5.41, 5.74) is 0. The summed E-state index contributed by atoms with van der Waals surface area (Å²) in [5, 5.41) is 38.1. The summed E-state index contributed by atoms with van der Waals surface area (Å²) in [6.07, 6.45) is -6.35. The lowest BCUT2D eigenvalue weighted by Gasteiger charge is -2.39. The number of thiol groups is 1. The average Bonchev–Trinajstić information content (AvgIpc) is 2.59. The predicted molar refractivity (Wildman–Crippen MR) is 86.0 cm³/mol. The number of hydrogen-bond donors (Lipinski definition) is 5. The molecule has 0 bridgehead atoms. The highest BCUT2D eigenvalue weighted by Gasteiger charge is 2.43. The molecule has 24 heavy (non-hydrogen) atoms. The Morgan fingerprint density at radius 3 is 1.83 bits per heavy atom. The van der Waals surface area contributed by atoms with Crippen molar-refractivity contribution in [1.82, 2.24) is 0 Å². The van der Waals surface area contributed by atoms with Crippen LogP contribution in [0.3, 0.4) is 0 Å². The number of rotatable bonds is 13. The highest BCUT2D eigenvalue weighted by molar-refractivity contribution is 7.80. The molecule has 0 saturated carbocycles. The SMILES string of the molecule is OC[C@H]1O[C@@H](OCCOCCOCCOCCS)[C@H](O)[C@@H](O)[C@@H]1O. The van der Waals surface area contributed by atoms with Crippen molar-refractivity contribution in [3.63, 3.8) is 0 Å². The Labute approximate surface area is 146 Å². The second-order valence-corrected chi connectivity index (χ2v) is 5.58. The van der Waals surface area contributed by atoms with E-state index in [9.17, 15) is 15.3 Å². The molecule has 1 rings (SSSR count). The molecule has 0 unspecified atom stereocenters. The maximum absolute atomic E-state index is 9.76. The summed E-state index contributed by atoms with van der Waals surface area (Å²) in [5.74, 6) is 0.678. The molecule has 4 N–H and O–H groups in total. The third kappa shape index (κ3) is 7.91. The van der Waals surface area contributed by atoms with E-state index in [1.807, 2.05) is 0 Å². The van der Waals surface area contributed by atoms with E-state index in [4.69, 9.17) is 28.8 Å². The van der Waals surface area contributed by atoms with Gasteiger partial charge in [0.05, 0.1) is 52.9 Å². The molecule has 0 spiro atoms. The number of aliphatic hydroxyl groups excluding tert-OH is 4. The van der Waals surface area contributed by atoms with Crippen molar-refractivity contribution in [3.8, 4) is 0 Å². The Hall–Kier alpha value is -0.0100. The molecule has 1 heterocycles. The van der Waals surface area contributed by atoms with Crippen molar-refractivity contribution in [2.24, 2.45) is 0 Å². The fourth-order valence-electron chi connectivity index (χ4n) is 2.03. The zero-order valence-corrected chi connectivity index (χ0v) is 14.4. The van der Waals surface area contributed by atoms with Gasteiger partial charge >= 0.3 is 0 Å². The standard InChI is InChI=1S/C14H28O9S/c15-9-10-11(16)12(17)13(18)14(23-10)22-6-5-20-2-1-19-3-4-21-7-8-24/h10-18,24H,1-9H2/t10-,11-,12+,13-,14-/m1/s1. The Morgan fingerprint density at radius 1 is 0.750 bits per heavy atom. The smallest absolute Gasteiger partial charge is 0.186 e. The van der Waals surface area contributed by atoms with E-state index in [0.29, 0.717) is 38.8 Å². The third-order valence-corrected chi connectivity index (χ3v) is 3.52. The van der Waals surface area contributed by atoms with Crippen molar-refractivity contribution in [2.45, 2.75) is 30.7 Å². The number of hydrogen-bond acceptors (Lipinski definition) is 10. The molecule has 0 aliphatic carbocycles. The van der Waals surface area contributed by atoms with Gasteiger partial charge in [0, 0.05) is 5.75 Å². The molecule has 1 saturated heterocycles. The van der Waals surface area contributed by atoms with Crippen LogP contribution in [0.1, 0.15) is 0 Å². The molecular weight excluding hydrogens is 344 g/mol. The number of ether oxygens (including phenoxy) is 5. The summed E-state index contributed by atoms with van der Waals surface area (Å²) in [7, 11) is 0. The molecule has 144 valence electrons. The highest BCUT2D eigenvalue weighted by atomic mass is 32.1. The zero-order valence-electron chi connectivity index (χ0n) is 13.5. The molecule has 0 radical (unpaired) electrons. The van der Waals surface area contributed by atoms with Crippen molar-refractivity contribution in [1.29, 1.82) is 0 Å². The van der Waals surface area contributed by atoms with Gasteiger partial charge < -0.3 is 44.1 Å². The van der Waals surface area contributed by atoms with Crippen LogP contribution in [-0.4, -0.2) is 110 Å². The molecule has 1 aliphatic heterocycles. The minimum Gasteiger partial charge on any atom is -0.394 e. The molecule has 10 heteroatoms. The van der Waals surface area contributed by atoms with E-state index in [1.165, 1.54) is 0 Å². The summed E-state index contributed by atoms with van der Waals surface area (Å²) in [4.78, 5) is 0. The highest BCUT2D eigenvalue weighted by Crippen LogP contribution is 2.21. The van der Waals surface area contributed by atoms with Crippen LogP contribution in [0.2, 0.25) is 0 Å². The number of aliphatic hydroxyl groups is 4. The molecule has 1 fully saturated rings. The van der Waals surface area contributed by atoms with Crippen LogP contribution in [0.25, 0.3) is 0 Å². The van der Waals surface area contributed by atoms with Crippen LogP contribution in [0.4, 0.5) is 0 Å². The second-order valence-electron chi connectivity index (χ2n) is 5.13. The minimum atomic E-state index is -1.44. The van der Waals surface area contributed by atoms with Gasteiger partial charge in [-0.3, -0.25) is 0 Å². The van der Waals surface area contributed by atoms with Gasteiger partial charge in [-0.2, -0.15) is 12.6 Å². The van der Waals surface area contributed by atoms with Gasteiger partial charge in [-0.05, 0) is 0 Å². The van der Waals surface area contributed by atoms with Crippen LogP contribution < -0.4 is 0 Å². The van der Waals surface area contributed by atoms with E-state index in [2.05, 4.69) is 12.6 Å². The Kier molecular flexibility index (Phi) is 12.1. The molecule has 0 amide bonds. The summed E-state index contributed by atoms with van der Waals surface area (Å²) in [6.45, 7) is 2.27. The summed E-state index contributed by atoms with van der Waals surface area (Å²) < 4.78 is 26.2. The molecule has 9 nitrogen and oxygen atoms in total. The van der Waals surface area contributed by atoms with Crippen molar-refractivity contribution in [3.05, 3.63) is 0 Å². The van der Waals surface area contributed by atoms with E-state index in [1.54, 1.807) is 0 Å². The van der Waals surface area contributed by atoms with Gasteiger partial charge in [0.2, 0.25) is 0 Å². The van der Waals surface area contributed by atoms with Crippen LogP contribution in [0.15, 0.2) is 0 Å². The largest absolute Gasteiger partial charge is 0.394 e. The molecule has 0 aromatic rings. The van der Waals surface area contributed by atoms with E-state index in [0.717, 1.165) is 0 Å². The van der Waals surface area contributed by atoms with Gasteiger partial charge in [0.25, 0.3) is 0 Å². The first-order valence-electron chi connectivity index (χ1n) is 7.88. The molecule has 0 aromatic heterocycles. The van der Waals surface area contributed by atoms with Gasteiger partial charge in [0.1, 0.15) is 24.4 Å². The van der Waals surface area contributed by atoms with Crippen molar-refractivity contribution in [2.75, 3.05) is 58.6 Å². The van der Waals surface area contributed by atoms with E-state index >= 15 is 0 Å². The quantitative estimate of drug-likeness (QED) is 0.180. The fraction of sp³-hybridized carbons (Fsp3) is 1.00. The van der Waals surface area contributed by atoms with Crippen LogP contribution >= 0.6 is 12.6 Å². The van der Waals surface area contributed by atoms with Crippen molar-refractivity contribution >= 4 is 12.6 Å². The Bertz CT molecular complexity index is 308. The van der Waals surface area contributed by atoms with Crippen molar-refractivity contribution < 1.29 is 44.1 Å². The average molecular weight is 372 g/mol. The fourth-order valence-corrected chi connectivity index (χ4v) is 2.16. The lowest BCUT2D eigenvalue weighted by Crippen LogP contribution is -2.59. The van der Waals surface area contributed by atoms with Crippen LogP contribution in [-0.2, 0) is 23.7 Å². The maximum atomic E-state index is 9.76. The van der Waals surface area contributed by atoms with Gasteiger partial charge in [-0.25, -0.2) is 0 Å². The first-order chi connectivity index (χ1) is 11.6. The third-order valence-electron chi connectivity index (χ3n) is 3.34. The zero-order chi connectivity index (χ0) is 17.8. The van der Waals surface area contributed by atoms with Gasteiger partial charge in [-0.1, -0.05) is 0 Å². The maximum Gasteiger partial charge on any atom is 0.186 e. The van der Waals surface area contributed by atoms with Crippen LogP contribution in [0, 0.1) is 0 Å². The van der Waals surface area contributed by atoms with Crippen LogP contribution in [0.5, 0.6) is 0 Å². The van der Waals surface area contributed by atoms with E-state index < -0.39 is 37.3 Å². The molecule has 5 atom stereocenters. The summed E-state index contributed by atoms with van der Waals surface area (Å²) in [6, 6.07) is 0. The topological polar surface area (TPSA) is 127 Å². The Balaban J connectivity index is 2.02. The second kappa shape index (κ2) is 13.2. The van der Waals surface area contributed by atoms with Gasteiger partial charge in [-0.15, -0.1) is 0 Å². The minimum absolute atomic E-state index is 0.119. The van der Waals surface area contributed by atoms with Gasteiger partial charge in [0.15, 0.2) is 6.29 Å². The predicted octanol–water partition coefficient (Wildman–Crippen LogP) is -2.22. The summed E-state index contributed by atoms with van der Waals surface area (Å²) >= 11 is 4.01. The Morgan fingerprint density at radius 2 is 1.29 bits per heavy atom. The normalized spacial score (nSPS) is 30.6. The molecule has 0 aromatic carbocycles. The lowest BCUT2D eigenvalue weighted by molar-refractivity contribution is -0.302. The monoisotopic (exact) mass is 372 g/mol. The molecular formula is C14H28O9S.